The van der Waals surface area contributed by atoms with E-state index in [9.17, 15) is 9.59 Å². The fourth-order valence-electron chi connectivity index (χ4n) is 4.23. The minimum atomic E-state index is -0.0956. The molecule has 1 aromatic carbocycles. The van der Waals surface area contributed by atoms with Crippen LogP contribution < -0.4 is 15.0 Å². The number of hydrogen-bond donors (Lipinski definition) is 1. The Labute approximate surface area is 156 Å². The molecule has 2 aliphatic rings. The summed E-state index contributed by atoms with van der Waals surface area (Å²) in [6.07, 6.45) is 4.95. The molecule has 1 heterocycles. The van der Waals surface area contributed by atoms with Crippen LogP contribution in [0.15, 0.2) is 24.3 Å². The number of carbonyl (C=O) groups excluding carboxylic acids is 2. The summed E-state index contributed by atoms with van der Waals surface area (Å²) >= 11 is 0. The van der Waals surface area contributed by atoms with E-state index < -0.39 is 0 Å². The number of nitrogens with one attached hydrogen (secondary N) is 1. The van der Waals surface area contributed by atoms with Gasteiger partial charge in [-0.05, 0) is 36.3 Å². The van der Waals surface area contributed by atoms with Crippen LogP contribution in [0.4, 0.5) is 5.69 Å². The van der Waals surface area contributed by atoms with E-state index in [1.165, 1.54) is 19.3 Å². The van der Waals surface area contributed by atoms with E-state index >= 15 is 0 Å². The fraction of sp³-hybridized carbons (Fsp3) is 0.619. The quantitative estimate of drug-likeness (QED) is 0.896. The Morgan fingerprint density at radius 1 is 1.23 bits per heavy atom. The summed E-state index contributed by atoms with van der Waals surface area (Å²) in [5.74, 6) is 1.14. The zero-order valence-corrected chi connectivity index (χ0v) is 16.1. The molecule has 3 rings (SSSR count). The van der Waals surface area contributed by atoms with Crippen molar-refractivity contribution in [1.82, 2.24) is 5.32 Å². The van der Waals surface area contributed by atoms with Gasteiger partial charge in [0, 0.05) is 19.0 Å². The summed E-state index contributed by atoms with van der Waals surface area (Å²) in [6, 6.07) is 7.72. The van der Waals surface area contributed by atoms with Crippen LogP contribution in [0.2, 0.25) is 0 Å². The highest BCUT2D eigenvalue weighted by Gasteiger charge is 2.35. The van der Waals surface area contributed by atoms with Gasteiger partial charge in [-0.3, -0.25) is 9.59 Å². The predicted octanol–water partition coefficient (Wildman–Crippen LogP) is 3.52. The minimum Gasteiger partial charge on any atom is -0.482 e. The number of nitrogens with zero attached hydrogens (tertiary/aromatic N) is 1. The van der Waals surface area contributed by atoms with E-state index in [2.05, 4.69) is 26.1 Å². The topological polar surface area (TPSA) is 58.6 Å². The van der Waals surface area contributed by atoms with Gasteiger partial charge in [-0.1, -0.05) is 45.7 Å². The second-order valence-electron chi connectivity index (χ2n) is 8.48. The molecule has 2 amide bonds. The minimum absolute atomic E-state index is 0.0305. The highest BCUT2D eigenvalue weighted by Crippen LogP contribution is 2.38. The maximum Gasteiger partial charge on any atom is 0.265 e. The van der Waals surface area contributed by atoms with Crippen LogP contribution in [0.5, 0.6) is 5.75 Å². The molecule has 0 radical (unpaired) electrons. The summed E-state index contributed by atoms with van der Waals surface area (Å²) in [5, 5.41) is 3.25. The molecule has 2 atom stereocenters. The lowest BCUT2D eigenvalue weighted by Gasteiger charge is -2.41. The first kappa shape index (κ1) is 18.7. The van der Waals surface area contributed by atoms with Gasteiger partial charge in [0.1, 0.15) is 5.75 Å². The average molecular weight is 358 g/mol. The van der Waals surface area contributed by atoms with E-state index in [0.29, 0.717) is 24.6 Å². The van der Waals surface area contributed by atoms with Gasteiger partial charge in [0.2, 0.25) is 5.91 Å². The third-order valence-electron chi connectivity index (χ3n) is 5.60. The van der Waals surface area contributed by atoms with Gasteiger partial charge in [-0.15, -0.1) is 0 Å². The molecule has 1 aliphatic carbocycles. The van der Waals surface area contributed by atoms with Crippen molar-refractivity contribution in [2.75, 3.05) is 18.1 Å². The van der Waals surface area contributed by atoms with Gasteiger partial charge in [-0.25, -0.2) is 0 Å². The highest BCUT2D eigenvalue weighted by molar-refractivity contribution is 5.98. The maximum atomic E-state index is 12.6. The lowest BCUT2D eigenvalue weighted by Crippen LogP contribution is -2.48. The molecule has 0 bridgehead atoms. The van der Waals surface area contributed by atoms with Gasteiger partial charge in [0.05, 0.1) is 5.69 Å². The summed E-state index contributed by atoms with van der Waals surface area (Å²) in [5.41, 5.74) is 0.944. The SMILES string of the molecule is CC(C)(C)C1CCCCC1NC(=O)CCN1C(=O)COc2ccccc21. The number of anilines is 1. The summed E-state index contributed by atoms with van der Waals surface area (Å²) < 4.78 is 5.45. The van der Waals surface area contributed by atoms with Crippen molar-refractivity contribution >= 4 is 17.5 Å². The Morgan fingerprint density at radius 2 is 1.96 bits per heavy atom. The Hall–Kier alpha value is -2.04. The molecule has 1 aliphatic heterocycles. The Balaban J connectivity index is 1.60. The van der Waals surface area contributed by atoms with Crippen molar-refractivity contribution in [3.63, 3.8) is 0 Å². The number of amides is 2. The molecule has 1 fully saturated rings. The number of fused-ring (bicyclic) bond motifs is 1. The first-order valence-electron chi connectivity index (χ1n) is 9.68. The average Bonchev–Trinajstić information content (AvgIpc) is 2.60. The molecule has 1 N–H and O–H groups in total. The number of carbonyl (C=O) groups is 2. The molecule has 1 saturated carbocycles. The molecule has 0 aromatic heterocycles. The first-order chi connectivity index (χ1) is 12.4. The number of benzene rings is 1. The van der Waals surface area contributed by atoms with E-state index in [1.807, 2.05) is 24.3 Å². The van der Waals surface area contributed by atoms with Crippen molar-refractivity contribution < 1.29 is 14.3 Å². The summed E-state index contributed by atoms with van der Waals surface area (Å²) in [7, 11) is 0. The lowest BCUT2D eigenvalue weighted by atomic mass is 9.69. The second-order valence-corrected chi connectivity index (χ2v) is 8.48. The smallest absolute Gasteiger partial charge is 0.265 e. The Kier molecular flexibility index (Phi) is 5.54. The molecule has 2 unspecified atom stereocenters. The van der Waals surface area contributed by atoms with E-state index in [-0.39, 0.29) is 29.9 Å². The highest BCUT2D eigenvalue weighted by atomic mass is 16.5. The van der Waals surface area contributed by atoms with Crippen molar-refractivity contribution in [2.45, 2.75) is 58.9 Å². The van der Waals surface area contributed by atoms with Crippen molar-refractivity contribution in [2.24, 2.45) is 11.3 Å². The number of rotatable bonds is 4. The van der Waals surface area contributed by atoms with Gasteiger partial charge in [0.25, 0.3) is 5.91 Å². The molecule has 0 spiro atoms. The molecule has 5 heteroatoms. The molecular weight excluding hydrogens is 328 g/mol. The zero-order chi connectivity index (χ0) is 18.7. The van der Waals surface area contributed by atoms with Crippen LogP contribution in [-0.4, -0.2) is 31.0 Å². The fourth-order valence-corrected chi connectivity index (χ4v) is 4.23. The largest absolute Gasteiger partial charge is 0.482 e. The van der Waals surface area contributed by atoms with Crippen LogP contribution in [-0.2, 0) is 9.59 Å². The maximum absolute atomic E-state index is 12.6. The number of hydrogen-bond acceptors (Lipinski definition) is 3. The first-order valence-corrected chi connectivity index (χ1v) is 9.68. The molecule has 142 valence electrons. The van der Waals surface area contributed by atoms with Crippen LogP contribution in [0.25, 0.3) is 0 Å². The normalized spacial score (nSPS) is 23.2. The molecule has 1 aromatic rings. The van der Waals surface area contributed by atoms with Gasteiger partial charge in [0.15, 0.2) is 6.61 Å². The van der Waals surface area contributed by atoms with Gasteiger partial charge in [-0.2, -0.15) is 0 Å². The van der Waals surface area contributed by atoms with Gasteiger partial charge >= 0.3 is 0 Å². The third-order valence-corrected chi connectivity index (χ3v) is 5.60. The predicted molar refractivity (Wildman–Crippen MR) is 102 cm³/mol. The Morgan fingerprint density at radius 3 is 2.73 bits per heavy atom. The third kappa shape index (κ3) is 4.19. The lowest BCUT2D eigenvalue weighted by molar-refractivity contribution is -0.123. The van der Waals surface area contributed by atoms with Crippen molar-refractivity contribution in [1.29, 1.82) is 0 Å². The molecule has 0 saturated heterocycles. The van der Waals surface area contributed by atoms with Crippen LogP contribution in [0.3, 0.4) is 0 Å². The van der Waals surface area contributed by atoms with Crippen LogP contribution in [0.1, 0.15) is 52.9 Å². The van der Waals surface area contributed by atoms with Crippen molar-refractivity contribution in [3.05, 3.63) is 24.3 Å². The second kappa shape index (κ2) is 7.68. The zero-order valence-electron chi connectivity index (χ0n) is 16.1. The molecular formula is C21H30N2O3. The number of ether oxygens (including phenoxy) is 1. The van der Waals surface area contributed by atoms with Crippen molar-refractivity contribution in [3.8, 4) is 5.75 Å². The summed E-state index contributed by atoms with van der Waals surface area (Å²) in [6.45, 7) is 7.19. The van der Waals surface area contributed by atoms with Crippen LogP contribution >= 0.6 is 0 Å². The van der Waals surface area contributed by atoms with E-state index in [0.717, 1.165) is 12.1 Å². The molecule has 26 heavy (non-hydrogen) atoms. The monoisotopic (exact) mass is 358 g/mol. The van der Waals surface area contributed by atoms with E-state index in [4.69, 9.17) is 4.74 Å². The standard InChI is InChI=1S/C21H30N2O3/c1-21(2,3)15-8-4-5-9-16(15)22-19(24)12-13-23-17-10-6-7-11-18(17)26-14-20(23)25/h6-7,10-11,15-16H,4-5,8-9,12-14H2,1-3H3,(H,22,24). The van der Waals surface area contributed by atoms with Gasteiger partial charge < -0.3 is 15.0 Å². The Bertz CT molecular complexity index is 665. The number of para-hydroxylation sites is 2. The molecule has 5 nitrogen and oxygen atoms in total. The van der Waals surface area contributed by atoms with Crippen LogP contribution in [0, 0.1) is 11.3 Å². The summed E-state index contributed by atoms with van der Waals surface area (Å²) in [4.78, 5) is 26.4. The van der Waals surface area contributed by atoms with E-state index in [1.54, 1.807) is 4.90 Å².